The fraction of sp³-hybridized carbons (Fsp3) is 0.125. The van der Waals surface area contributed by atoms with Crippen molar-refractivity contribution in [2.75, 3.05) is 6.26 Å². The first-order chi connectivity index (χ1) is 16.4. The van der Waals surface area contributed by atoms with Gasteiger partial charge in [-0.05, 0) is 53.6 Å². The summed E-state index contributed by atoms with van der Waals surface area (Å²) in [4.78, 5) is 0.0871. The van der Waals surface area contributed by atoms with Crippen molar-refractivity contribution in [3.8, 4) is 22.6 Å². The number of nitrogens with zero attached hydrogens (tertiary/aromatic N) is 2. The van der Waals surface area contributed by atoms with Crippen LogP contribution in [-0.4, -0.2) is 24.5 Å². The zero-order valence-electron chi connectivity index (χ0n) is 18.1. The largest absolute Gasteiger partial charge is 0.484 e. The number of benzene rings is 3. The van der Waals surface area contributed by atoms with Crippen LogP contribution in [0.15, 0.2) is 77.7 Å². The first-order valence-corrected chi connectivity index (χ1v) is 12.3. The van der Waals surface area contributed by atoms with Crippen LogP contribution in [0.5, 0.6) is 5.75 Å². The molecule has 0 spiro atoms. The third kappa shape index (κ3) is 5.49. The van der Waals surface area contributed by atoms with Crippen LogP contribution in [0.3, 0.4) is 0 Å². The van der Waals surface area contributed by atoms with Crippen LogP contribution < -0.4 is 4.74 Å². The van der Waals surface area contributed by atoms with E-state index in [2.05, 4.69) is 5.10 Å². The Morgan fingerprint density at radius 3 is 2.34 bits per heavy atom. The molecule has 0 fully saturated rings. The number of halogens is 5. The highest BCUT2D eigenvalue weighted by molar-refractivity contribution is 7.90. The number of sulfone groups is 1. The average Bonchev–Trinajstić information content (AvgIpc) is 3.23. The predicted octanol–water partition coefficient (Wildman–Crippen LogP) is 6.33. The number of hydrogen-bond acceptors (Lipinski definition) is 4. The molecule has 0 aliphatic carbocycles. The molecule has 0 aliphatic rings. The molecule has 0 amide bonds. The molecule has 4 rings (SSSR count). The first-order valence-electron chi connectivity index (χ1n) is 10.1. The summed E-state index contributed by atoms with van der Waals surface area (Å²) < 4.78 is 84.7. The number of alkyl halides is 3. The van der Waals surface area contributed by atoms with E-state index < -0.39 is 34.1 Å². The molecule has 3 aromatic carbocycles. The maximum absolute atomic E-state index is 14.8. The van der Waals surface area contributed by atoms with Crippen LogP contribution in [0.25, 0.3) is 16.8 Å². The third-order valence-electron chi connectivity index (χ3n) is 5.06. The van der Waals surface area contributed by atoms with Gasteiger partial charge in [-0.3, -0.25) is 0 Å². The quantitative estimate of drug-likeness (QED) is 0.276. The summed E-state index contributed by atoms with van der Waals surface area (Å²) in [6.45, 7) is -0.422. The molecule has 0 bridgehead atoms. The fourth-order valence-corrected chi connectivity index (χ4v) is 4.23. The highest BCUT2D eigenvalue weighted by Gasteiger charge is 2.35. The molecule has 0 aliphatic heterocycles. The number of rotatable bonds is 6. The molecule has 0 N–H and O–H groups in total. The molecule has 1 aromatic heterocycles. The van der Waals surface area contributed by atoms with Gasteiger partial charge < -0.3 is 4.74 Å². The van der Waals surface area contributed by atoms with Crippen molar-refractivity contribution in [3.63, 3.8) is 0 Å². The van der Waals surface area contributed by atoms with Crippen LogP contribution in [0.1, 0.15) is 11.4 Å². The van der Waals surface area contributed by atoms with E-state index in [0.717, 1.165) is 23.1 Å². The molecule has 0 saturated heterocycles. The molecule has 0 radical (unpaired) electrons. The van der Waals surface area contributed by atoms with E-state index in [1.165, 1.54) is 36.4 Å². The molecular formula is C24H17ClF4N2O3S. The van der Waals surface area contributed by atoms with Gasteiger partial charge in [0.05, 0.1) is 21.3 Å². The standard InChI is InChI=1S/C24H17ClF4N2O3S/c1-35(32,33)18-6-4-5-15(11-18)16-9-10-22(20(26)12-16)34-14-17-13-23(24(27,28)29)30-31(17)21-8-3-2-7-19(21)25/h2-13H,14H2,1H3. The van der Waals surface area contributed by atoms with Crippen LogP contribution in [-0.2, 0) is 22.6 Å². The fourth-order valence-electron chi connectivity index (χ4n) is 3.35. The van der Waals surface area contributed by atoms with E-state index in [-0.39, 0.29) is 27.0 Å². The maximum Gasteiger partial charge on any atom is 0.435 e. The minimum absolute atomic E-state index is 0.00903. The Balaban J connectivity index is 1.62. The molecule has 0 unspecified atom stereocenters. The second-order valence-electron chi connectivity index (χ2n) is 7.62. The van der Waals surface area contributed by atoms with Gasteiger partial charge in [-0.15, -0.1) is 0 Å². The van der Waals surface area contributed by atoms with E-state index in [4.69, 9.17) is 16.3 Å². The lowest BCUT2D eigenvalue weighted by molar-refractivity contribution is -0.141. The van der Waals surface area contributed by atoms with Crippen LogP contribution >= 0.6 is 11.6 Å². The highest BCUT2D eigenvalue weighted by Crippen LogP contribution is 2.32. The Kier molecular flexibility index (Phi) is 6.61. The molecule has 35 heavy (non-hydrogen) atoms. The molecule has 0 saturated carbocycles. The van der Waals surface area contributed by atoms with Gasteiger partial charge in [-0.1, -0.05) is 41.9 Å². The summed E-state index contributed by atoms with van der Waals surface area (Å²) in [6.07, 6.45) is -3.63. The number of hydrogen-bond donors (Lipinski definition) is 0. The highest BCUT2D eigenvalue weighted by atomic mass is 35.5. The Labute approximate surface area is 203 Å². The van der Waals surface area contributed by atoms with Crippen LogP contribution in [0.2, 0.25) is 5.02 Å². The number of ether oxygens (including phenoxy) is 1. The molecule has 4 aromatic rings. The molecule has 182 valence electrons. The summed E-state index contributed by atoms with van der Waals surface area (Å²) >= 11 is 6.13. The zero-order valence-corrected chi connectivity index (χ0v) is 19.6. The van der Waals surface area contributed by atoms with E-state index in [0.29, 0.717) is 11.1 Å². The van der Waals surface area contributed by atoms with E-state index in [9.17, 15) is 26.0 Å². The summed E-state index contributed by atoms with van der Waals surface area (Å²) in [5, 5.41) is 3.79. The summed E-state index contributed by atoms with van der Waals surface area (Å²) in [5.74, 6) is -0.972. The maximum atomic E-state index is 14.8. The Hall–Kier alpha value is -3.37. The summed E-state index contributed by atoms with van der Waals surface area (Å²) in [7, 11) is -3.45. The monoisotopic (exact) mass is 524 g/mol. The Bertz CT molecular complexity index is 1500. The Morgan fingerprint density at radius 1 is 0.971 bits per heavy atom. The van der Waals surface area contributed by atoms with Crippen molar-refractivity contribution in [2.24, 2.45) is 0 Å². The van der Waals surface area contributed by atoms with Crippen molar-refractivity contribution >= 4 is 21.4 Å². The summed E-state index contributed by atoms with van der Waals surface area (Å²) in [6, 6.07) is 17.1. The minimum atomic E-state index is -4.70. The van der Waals surface area contributed by atoms with Gasteiger partial charge in [0.25, 0.3) is 0 Å². The zero-order chi connectivity index (χ0) is 25.4. The lowest BCUT2D eigenvalue weighted by atomic mass is 10.1. The third-order valence-corrected chi connectivity index (χ3v) is 6.49. The SMILES string of the molecule is CS(=O)(=O)c1cccc(-c2ccc(OCc3cc(C(F)(F)F)nn3-c3ccccc3Cl)c(F)c2)c1. The normalized spacial score (nSPS) is 12.1. The van der Waals surface area contributed by atoms with E-state index in [1.54, 1.807) is 24.3 Å². The van der Waals surface area contributed by atoms with Gasteiger partial charge in [0.15, 0.2) is 27.1 Å². The molecule has 0 atom stereocenters. The Morgan fingerprint density at radius 2 is 1.69 bits per heavy atom. The second-order valence-corrected chi connectivity index (χ2v) is 10.0. The molecule has 5 nitrogen and oxygen atoms in total. The van der Waals surface area contributed by atoms with Crippen molar-refractivity contribution in [1.29, 1.82) is 0 Å². The van der Waals surface area contributed by atoms with Gasteiger partial charge in [-0.2, -0.15) is 18.3 Å². The lowest BCUT2D eigenvalue weighted by Crippen LogP contribution is -2.09. The van der Waals surface area contributed by atoms with Crippen molar-refractivity contribution in [3.05, 3.63) is 95.0 Å². The second kappa shape index (κ2) is 9.35. The van der Waals surface area contributed by atoms with Crippen LogP contribution in [0.4, 0.5) is 17.6 Å². The number of aromatic nitrogens is 2. The topological polar surface area (TPSA) is 61.2 Å². The van der Waals surface area contributed by atoms with Gasteiger partial charge in [0.1, 0.15) is 6.61 Å². The van der Waals surface area contributed by atoms with Gasteiger partial charge in [0.2, 0.25) is 0 Å². The van der Waals surface area contributed by atoms with Crippen molar-refractivity contribution in [1.82, 2.24) is 9.78 Å². The van der Waals surface area contributed by atoms with Crippen molar-refractivity contribution < 1.29 is 30.7 Å². The van der Waals surface area contributed by atoms with E-state index >= 15 is 0 Å². The number of para-hydroxylation sites is 1. The lowest BCUT2D eigenvalue weighted by Gasteiger charge is -2.12. The minimum Gasteiger partial charge on any atom is -0.484 e. The van der Waals surface area contributed by atoms with Gasteiger partial charge in [0, 0.05) is 6.26 Å². The van der Waals surface area contributed by atoms with Gasteiger partial charge >= 0.3 is 6.18 Å². The van der Waals surface area contributed by atoms with Crippen LogP contribution in [0, 0.1) is 5.82 Å². The first kappa shape index (κ1) is 24.7. The average molecular weight is 525 g/mol. The smallest absolute Gasteiger partial charge is 0.435 e. The van der Waals surface area contributed by atoms with Crippen molar-refractivity contribution in [2.45, 2.75) is 17.7 Å². The summed E-state index contributed by atoms with van der Waals surface area (Å²) in [5.41, 5.74) is -0.0389. The van der Waals surface area contributed by atoms with Gasteiger partial charge in [-0.25, -0.2) is 17.5 Å². The molecule has 11 heteroatoms. The molecular weight excluding hydrogens is 508 g/mol. The predicted molar refractivity (Wildman–Crippen MR) is 123 cm³/mol. The molecule has 1 heterocycles. The van der Waals surface area contributed by atoms with E-state index in [1.807, 2.05) is 0 Å².